The Balaban J connectivity index is 1.54. The van der Waals surface area contributed by atoms with Gasteiger partial charge >= 0.3 is 6.18 Å². The van der Waals surface area contributed by atoms with Crippen molar-refractivity contribution in [3.8, 4) is 0 Å². The summed E-state index contributed by atoms with van der Waals surface area (Å²) in [5.41, 5.74) is 0.578. The fraction of sp³-hybridized carbons (Fsp3) is 0.364. The Bertz CT molecular complexity index is 1240. The Kier molecular flexibility index (Phi) is 5.32. The molecule has 0 saturated carbocycles. The maximum Gasteiger partial charge on any atom is 0.419 e. The normalized spacial score (nSPS) is 18.5. The van der Waals surface area contributed by atoms with Gasteiger partial charge in [-0.25, -0.2) is 14.4 Å². The van der Waals surface area contributed by atoms with Crippen molar-refractivity contribution in [1.82, 2.24) is 19.9 Å². The number of anilines is 2. The zero-order valence-corrected chi connectivity index (χ0v) is 19.0. The number of benzene rings is 1. The molecule has 178 valence electrons. The molecule has 1 spiro atoms. The molecule has 4 heterocycles. The monoisotopic (exact) mass is 492 g/mol. The lowest BCUT2D eigenvalue weighted by atomic mass is 9.71. The largest absolute Gasteiger partial charge is 0.419 e. The van der Waals surface area contributed by atoms with Crippen molar-refractivity contribution in [3.63, 3.8) is 0 Å². The average molecular weight is 493 g/mol. The maximum atomic E-state index is 14.7. The molecule has 1 amide bonds. The first-order valence-electron chi connectivity index (χ1n) is 10.5. The summed E-state index contributed by atoms with van der Waals surface area (Å²) in [6, 6.07) is 2.38. The van der Waals surface area contributed by atoms with Gasteiger partial charge in [0.1, 0.15) is 28.4 Å². The van der Waals surface area contributed by atoms with Crippen LogP contribution in [0.1, 0.15) is 35.3 Å². The molecule has 7 nitrogen and oxygen atoms in total. The van der Waals surface area contributed by atoms with E-state index in [4.69, 9.17) is 0 Å². The number of carbonyl (C=O) groups excluding carboxylic acids is 1. The predicted octanol–water partition coefficient (Wildman–Crippen LogP) is 3.99. The lowest BCUT2D eigenvalue weighted by molar-refractivity contribution is -0.140. The number of alkyl halides is 3. The molecule has 1 saturated heterocycles. The summed E-state index contributed by atoms with van der Waals surface area (Å²) in [5.74, 6) is -1.05. The SMILES string of the molecule is C[C@@H](Nc1ncnc2c1CN(c1cncs1)C(=O)C21CN(C)C1)c1cccc(C(F)(F)F)c1F. The third-order valence-electron chi connectivity index (χ3n) is 6.29. The van der Waals surface area contributed by atoms with E-state index < -0.39 is 29.0 Å². The highest BCUT2D eigenvalue weighted by Crippen LogP contribution is 2.44. The quantitative estimate of drug-likeness (QED) is 0.556. The number of nitrogens with one attached hydrogen (secondary N) is 1. The Morgan fingerprint density at radius 3 is 2.65 bits per heavy atom. The highest BCUT2D eigenvalue weighted by atomic mass is 32.1. The number of likely N-dealkylation sites (N-methyl/N-ethyl adjacent to an activating group) is 1. The molecule has 12 heteroatoms. The molecule has 2 aromatic heterocycles. The summed E-state index contributed by atoms with van der Waals surface area (Å²) in [7, 11) is 1.91. The van der Waals surface area contributed by atoms with Crippen LogP contribution in [-0.2, 0) is 22.9 Å². The first-order chi connectivity index (χ1) is 16.1. The van der Waals surface area contributed by atoms with Gasteiger partial charge in [0.05, 0.1) is 35.6 Å². The van der Waals surface area contributed by atoms with E-state index in [1.807, 2.05) is 11.9 Å². The molecule has 2 aliphatic heterocycles. The molecule has 0 unspecified atom stereocenters. The van der Waals surface area contributed by atoms with Gasteiger partial charge < -0.3 is 10.2 Å². The summed E-state index contributed by atoms with van der Waals surface area (Å²) >= 11 is 1.33. The number of fused-ring (bicyclic) bond motifs is 2. The fourth-order valence-corrected chi connectivity index (χ4v) is 5.38. The second-order valence-electron chi connectivity index (χ2n) is 8.61. The van der Waals surface area contributed by atoms with Crippen molar-refractivity contribution in [1.29, 1.82) is 0 Å². The lowest BCUT2D eigenvalue weighted by Gasteiger charge is -2.51. The van der Waals surface area contributed by atoms with Gasteiger partial charge in [-0.05, 0) is 20.0 Å². The minimum absolute atomic E-state index is 0.0797. The molecular weight excluding hydrogens is 472 g/mol. The number of carbonyl (C=O) groups is 1. The molecule has 1 aromatic carbocycles. The summed E-state index contributed by atoms with van der Waals surface area (Å²) in [6.07, 6.45) is -1.86. The lowest BCUT2D eigenvalue weighted by Crippen LogP contribution is -2.68. The van der Waals surface area contributed by atoms with E-state index in [-0.39, 0.29) is 18.0 Å². The van der Waals surface area contributed by atoms with Crippen LogP contribution in [0.25, 0.3) is 0 Å². The van der Waals surface area contributed by atoms with Crippen molar-refractivity contribution >= 4 is 28.1 Å². The number of likely N-dealkylation sites (tertiary alicyclic amines) is 1. The van der Waals surface area contributed by atoms with Gasteiger partial charge in [-0.15, -0.1) is 11.3 Å². The topological polar surface area (TPSA) is 74.2 Å². The molecule has 0 radical (unpaired) electrons. The van der Waals surface area contributed by atoms with Gasteiger partial charge in [-0.1, -0.05) is 12.1 Å². The van der Waals surface area contributed by atoms with E-state index >= 15 is 0 Å². The highest BCUT2D eigenvalue weighted by Gasteiger charge is 2.56. The van der Waals surface area contributed by atoms with E-state index in [1.54, 1.807) is 23.5 Å². The molecule has 0 bridgehead atoms. The fourth-order valence-electron chi connectivity index (χ4n) is 4.76. The number of nitrogens with zero attached hydrogens (tertiary/aromatic N) is 5. The molecular formula is C22H20F4N6OS. The van der Waals surface area contributed by atoms with Crippen molar-refractivity contribution in [3.05, 3.63) is 64.4 Å². The molecule has 0 aliphatic carbocycles. The van der Waals surface area contributed by atoms with Crippen LogP contribution in [0, 0.1) is 5.82 Å². The van der Waals surface area contributed by atoms with E-state index in [1.165, 1.54) is 29.8 Å². The minimum atomic E-state index is -4.80. The van der Waals surface area contributed by atoms with Gasteiger partial charge in [0.25, 0.3) is 0 Å². The standard InChI is InChI=1S/C22H20F4N6OS/c1-12(13-4-3-5-15(17(13)23)22(24,25)26)30-19-14-7-32(16-6-27-11-34-16)20(33)21(8-31(2)9-21)18(14)28-10-29-19/h3-6,10-12H,7-9H2,1-2H3,(H,28,29,30)/t12-/m1/s1. The number of thiazole rings is 1. The number of rotatable bonds is 4. The van der Waals surface area contributed by atoms with Crippen molar-refractivity contribution in [2.75, 3.05) is 30.4 Å². The van der Waals surface area contributed by atoms with Crippen LogP contribution in [0.5, 0.6) is 0 Å². The Hall–Kier alpha value is -3.12. The molecule has 1 fully saturated rings. The van der Waals surface area contributed by atoms with Gasteiger partial charge in [-0.3, -0.25) is 14.7 Å². The number of hydrogen-bond donors (Lipinski definition) is 1. The molecule has 3 aromatic rings. The predicted molar refractivity (Wildman–Crippen MR) is 118 cm³/mol. The number of aromatic nitrogens is 3. The third-order valence-corrected chi connectivity index (χ3v) is 7.08. The Morgan fingerprint density at radius 1 is 1.24 bits per heavy atom. The van der Waals surface area contributed by atoms with Crippen LogP contribution >= 0.6 is 11.3 Å². The summed E-state index contributed by atoms with van der Waals surface area (Å²) in [4.78, 5) is 30.0. The summed E-state index contributed by atoms with van der Waals surface area (Å²) < 4.78 is 54.3. The van der Waals surface area contributed by atoms with Gasteiger partial charge in [0, 0.05) is 24.2 Å². The van der Waals surface area contributed by atoms with Crippen LogP contribution in [0.2, 0.25) is 0 Å². The zero-order valence-electron chi connectivity index (χ0n) is 18.2. The van der Waals surface area contributed by atoms with Gasteiger partial charge in [0.2, 0.25) is 5.91 Å². The summed E-state index contributed by atoms with van der Waals surface area (Å²) in [5, 5.41) is 3.74. The number of hydrogen-bond acceptors (Lipinski definition) is 7. The van der Waals surface area contributed by atoms with Crippen LogP contribution in [0.4, 0.5) is 28.4 Å². The van der Waals surface area contributed by atoms with Crippen LogP contribution in [-0.4, -0.2) is 45.9 Å². The van der Waals surface area contributed by atoms with E-state index in [0.717, 1.165) is 0 Å². The first-order valence-corrected chi connectivity index (χ1v) is 11.4. The minimum Gasteiger partial charge on any atom is -0.363 e. The third kappa shape index (κ3) is 3.52. The molecule has 1 atom stereocenters. The smallest absolute Gasteiger partial charge is 0.363 e. The molecule has 2 aliphatic rings. The van der Waals surface area contributed by atoms with Gasteiger partial charge in [0.15, 0.2) is 0 Å². The van der Waals surface area contributed by atoms with Crippen molar-refractivity contribution < 1.29 is 22.4 Å². The van der Waals surface area contributed by atoms with Crippen LogP contribution < -0.4 is 10.2 Å². The zero-order chi connectivity index (χ0) is 24.3. The van der Waals surface area contributed by atoms with Crippen molar-refractivity contribution in [2.45, 2.75) is 31.1 Å². The molecule has 34 heavy (non-hydrogen) atoms. The Morgan fingerprint density at radius 2 is 2.00 bits per heavy atom. The number of halogens is 4. The highest BCUT2D eigenvalue weighted by molar-refractivity contribution is 7.14. The maximum absolute atomic E-state index is 14.7. The summed E-state index contributed by atoms with van der Waals surface area (Å²) in [6.45, 7) is 2.68. The molecule has 1 N–H and O–H groups in total. The van der Waals surface area contributed by atoms with Gasteiger partial charge in [-0.2, -0.15) is 13.2 Å². The number of amides is 1. The van der Waals surface area contributed by atoms with E-state index in [2.05, 4.69) is 20.3 Å². The van der Waals surface area contributed by atoms with Crippen molar-refractivity contribution in [2.24, 2.45) is 0 Å². The average Bonchev–Trinajstić information content (AvgIpc) is 3.29. The molecule has 5 rings (SSSR count). The first kappa shape index (κ1) is 22.7. The second-order valence-corrected chi connectivity index (χ2v) is 9.47. The Labute approximate surface area is 196 Å². The second kappa shape index (κ2) is 7.98. The van der Waals surface area contributed by atoms with Crippen LogP contribution in [0.15, 0.2) is 36.2 Å². The van der Waals surface area contributed by atoms with E-state index in [9.17, 15) is 22.4 Å². The van der Waals surface area contributed by atoms with Crippen LogP contribution in [0.3, 0.4) is 0 Å². The van der Waals surface area contributed by atoms with E-state index in [0.29, 0.717) is 41.2 Å².